The number of esters is 1. The number of ether oxygens (including phenoxy) is 2. The molecule has 0 aromatic heterocycles. The standard InChI is InChI=1S/C30H44O6/c1-18(15-23-16-19(2)29(34)36-23)24-10-11-25-21(7-5-12-30(24,25)4)8-9-22-17-26(32)28(27(33)20(22)3)35-14-6-13-31/h8-9,18,23-28,31-33H,2-3,5-7,10-17H2,1,4H3/t18-,23-,24-,25+,26-,27-,28+,30-/m1/s1. The Labute approximate surface area is 215 Å². The lowest BCUT2D eigenvalue weighted by Gasteiger charge is -2.44. The zero-order valence-corrected chi connectivity index (χ0v) is 22.0. The number of fused-ring (bicyclic) bond motifs is 1. The zero-order valence-electron chi connectivity index (χ0n) is 22.0. The van der Waals surface area contributed by atoms with Crippen molar-refractivity contribution in [3.8, 4) is 0 Å². The second-order valence-corrected chi connectivity index (χ2v) is 11.7. The van der Waals surface area contributed by atoms with Gasteiger partial charge in [-0.3, -0.25) is 0 Å². The van der Waals surface area contributed by atoms with Gasteiger partial charge in [0.15, 0.2) is 0 Å². The molecule has 3 aliphatic carbocycles. The highest BCUT2D eigenvalue weighted by Gasteiger charge is 2.51. The van der Waals surface area contributed by atoms with Gasteiger partial charge in [-0.1, -0.05) is 44.7 Å². The number of carbonyl (C=O) groups excluding carboxylic acids is 1. The number of allylic oxidation sites excluding steroid dienone is 3. The Morgan fingerprint density at radius 2 is 2.00 bits per heavy atom. The quantitative estimate of drug-likeness (QED) is 0.260. The summed E-state index contributed by atoms with van der Waals surface area (Å²) in [6, 6.07) is 0. The third-order valence-corrected chi connectivity index (χ3v) is 9.40. The zero-order chi connectivity index (χ0) is 26.0. The van der Waals surface area contributed by atoms with Gasteiger partial charge in [-0.25, -0.2) is 4.79 Å². The maximum Gasteiger partial charge on any atom is 0.333 e. The highest BCUT2D eigenvalue weighted by atomic mass is 16.5. The molecule has 1 saturated heterocycles. The van der Waals surface area contributed by atoms with E-state index in [1.807, 2.05) is 0 Å². The van der Waals surface area contributed by atoms with Crippen LogP contribution in [0.2, 0.25) is 0 Å². The summed E-state index contributed by atoms with van der Waals surface area (Å²) in [6.07, 6.45) is 10.0. The molecule has 4 fully saturated rings. The average molecular weight is 501 g/mol. The van der Waals surface area contributed by atoms with E-state index in [4.69, 9.17) is 14.6 Å². The molecule has 3 N–H and O–H groups in total. The molecular weight excluding hydrogens is 456 g/mol. The molecule has 0 aromatic carbocycles. The van der Waals surface area contributed by atoms with E-state index in [9.17, 15) is 15.0 Å². The van der Waals surface area contributed by atoms with Crippen molar-refractivity contribution in [3.05, 3.63) is 47.6 Å². The van der Waals surface area contributed by atoms with Gasteiger partial charge in [-0.05, 0) is 79.3 Å². The van der Waals surface area contributed by atoms with Crippen molar-refractivity contribution in [3.63, 3.8) is 0 Å². The van der Waals surface area contributed by atoms with Gasteiger partial charge in [0.1, 0.15) is 18.3 Å². The molecule has 6 nitrogen and oxygen atoms in total. The molecule has 0 aromatic rings. The molecule has 4 aliphatic rings. The van der Waals surface area contributed by atoms with Crippen LogP contribution in [-0.4, -0.2) is 58.9 Å². The normalized spacial score (nSPS) is 40.1. The van der Waals surface area contributed by atoms with E-state index in [1.54, 1.807) is 0 Å². The first-order chi connectivity index (χ1) is 17.2. The van der Waals surface area contributed by atoms with Gasteiger partial charge in [0.2, 0.25) is 0 Å². The summed E-state index contributed by atoms with van der Waals surface area (Å²) in [5.41, 5.74) is 3.78. The summed E-state index contributed by atoms with van der Waals surface area (Å²) in [5, 5.41) is 30.3. The first-order valence-electron chi connectivity index (χ1n) is 13.7. The molecule has 1 aliphatic heterocycles. The highest BCUT2D eigenvalue weighted by Crippen LogP contribution is 2.60. The SMILES string of the molecule is C=C1C[C@@H](C[C@@H](C)[C@H]2CC[C@H]3C(=CC=C4C[C@@H](O)[C@H](OCCCO)[C@H](O)C4=C)CCC[C@]23C)OC1=O. The number of carbonyl (C=O) groups is 1. The van der Waals surface area contributed by atoms with Crippen LogP contribution >= 0.6 is 0 Å². The van der Waals surface area contributed by atoms with E-state index in [2.05, 4.69) is 39.2 Å². The maximum absolute atomic E-state index is 11.8. The summed E-state index contributed by atoms with van der Waals surface area (Å²) in [6.45, 7) is 13.0. The van der Waals surface area contributed by atoms with Crippen LogP contribution in [0.4, 0.5) is 0 Å². The van der Waals surface area contributed by atoms with Crippen LogP contribution in [0.25, 0.3) is 0 Å². The Morgan fingerprint density at radius 3 is 2.69 bits per heavy atom. The van der Waals surface area contributed by atoms with Crippen molar-refractivity contribution < 1.29 is 29.6 Å². The number of hydrogen-bond acceptors (Lipinski definition) is 6. The average Bonchev–Trinajstić information content (AvgIpc) is 3.35. The maximum atomic E-state index is 11.8. The number of aliphatic hydroxyl groups excluding tert-OH is 3. The predicted octanol–water partition coefficient (Wildman–Crippen LogP) is 4.40. The first kappa shape index (κ1) is 27.3. The summed E-state index contributed by atoms with van der Waals surface area (Å²) in [5.74, 6) is 1.36. The van der Waals surface area contributed by atoms with Crippen LogP contribution in [0.15, 0.2) is 47.6 Å². The van der Waals surface area contributed by atoms with Crippen LogP contribution in [0.1, 0.15) is 71.6 Å². The monoisotopic (exact) mass is 500 g/mol. The Hall–Kier alpha value is -1.73. The fourth-order valence-electron chi connectivity index (χ4n) is 7.50. The van der Waals surface area contributed by atoms with Gasteiger partial charge in [0.25, 0.3) is 0 Å². The van der Waals surface area contributed by atoms with E-state index < -0.39 is 18.3 Å². The van der Waals surface area contributed by atoms with Gasteiger partial charge in [-0.15, -0.1) is 0 Å². The Morgan fingerprint density at radius 1 is 1.22 bits per heavy atom. The molecule has 8 atom stereocenters. The molecule has 36 heavy (non-hydrogen) atoms. The van der Waals surface area contributed by atoms with Crippen molar-refractivity contribution in [2.24, 2.45) is 23.2 Å². The summed E-state index contributed by atoms with van der Waals surface area (Å²) in [7, 11) is 0. The Balaban J connectivity index is 1.43. The predicted molar refractivity (Wildman–Crippen MR) is 139 cm³/mol. The minimum atomic E-state index is -0.953. The van der Waals surface area contributed by atoms with Gasteiger partial charge in [0, 0.05) is 31.6 Å². The van der Waals surface area contributed by atoms with E-state index in [1.165, 1.54) is 24.8 Å². The number of hydrogen-bond donors (Lipinski definition) is 3. The van der Waals surface area contributed by atoms with Crippen LogP contribution in [0, 0.1) is 23.2 Å². The van der Waals surface area contributed by atoms with Crippen molar-refractivity contribution in [1.29, 1.82) is 0 Å². The van der Waals surface area contributed by atoms with E-state index in [0.717, 1.165) is 24.8 Å². The van der Waals surface area contributed by atoms with Crippen molar-refractivity contribution in [2.75, 3.05) is 13.2 Å². The van der Waals surface area contributed by atoms with Gasteiger partial charge < -0.3 is 24.8 Å². The molecule has 1 heterocycles. The summed E-state index contributed by atoms with van der Waals surface area (Å²) < 4.78 is 11.2. The molecule has 0 spiro atoms. The second-order valence-electron chi connectivity index (χ2n) is 11.7. The molecule has 3 saturated carbocycles. The van der Waals surface area contributed by atoms with E-state index in [0.29, 0.717) is 54.8 Å². The third kappa shape index (κ3) is 5.42. The topological polar surface area (TPSA) is 96.2 Å². The Kier molecular flexibility index (Phi) is 8.60. The lowest BCUT2D eigenvalue weighted by Crippen LogP contribution is -2.45. The second kappa shape index (κ2) is 11.3. The smallest absolute Gasteiger partial charge is 0.333 e. The molecule has 4 rings (SSSR count). The first-order valence-corrected chi connectivity index (χ1v) is 13.7. The minimum absolute atomic E-state index is 0.0160. The fourth-order valence-corrected chi connectivity index (χ4v) is 7.50. The molecule has 0 amide bonds. The lowest BCUT2D eigenvalue weighted by molar-refractivity contribution is -0.139. The molecule has 0 unspecified atom stereocenters. The van der Waals surface area contributed by atoms with Gasteiger partial charge in [0.05, 0.1) is 6.10 Å². The number of aliphatic hydroxyl groups is 3. The van der Waals surface area contributed by atoms with Gasteiger partial charge >= 0.3 is 5.97 Å². The highest BCUT2D eigenvalue weighted by molar-refractivity contribution is 5.89. The fraction of sp³-hybridized carbons (Fsp3) is 0.700. The van der Waals surface area contributed by atoms with Crippen LogP contribution in [0.5, 0.6) is 0 Å². The number of cyclic esters (lactones) is 1. The van der Waals surface area contributed by atoms with Crippen LogP contribution < -0.4 is 0 Å². The molecular formula is C30H44O6. The molecule has 0 bridgehead atoms. The minimum Gasteiger partial charge on any atom is -0.459 e. The number of rotatable bonds is 8. The van der Waals surface area contributed by atoms with Gasteiger partial charge in [-0.2, -0.15) is 0 Å². The Bertz CT molecular complexity index is 902. The van der Waals surface area contributed by atoms with Crippen molar-refractivity contribution >= 4 is 5.97 Å². The van der Waals surface area contributed by atoms with Crippen LogP contribution in [-0.2, 0) is 14.3 Å². The van der Waals surface area contributed by atoms with E-state index in [-0.39, 0.29) is 24.1 Å². The largest absolute Gasteiger partial charge is 0.459 e. The third-order valence-electron chi connectivity index (χ3n) is 9.40. The van der Waals surface area contributed by atoms with E-state index >= 15 is 0 Å². The molecule has 6 heteroatoms. The summed E-state index contributed by atoms with van der Waals surface area (Å²) in [4.78, 5) is 11.8. The summed E-state index contributed by atoms with van der Waals surface area (Å²) >= 11 is 0. The van der Waals surface area contributed by atoms with Crippen LogP contribution in [0.3, 0.4) is 0 Å². The lowest BCUT2D eigenvalue weighted by atomic mass is 9.60. The molecule has 200 valence electrons. The van der Waals surface area contributed by atoms with Crippen molar-refractivity contribution in [2.45, 2.75) is 96.1 Å². The van der Waals surface area contributed by atoms with Crippen molar-refractivity contribution in [1.82, 2.24) is 0 Å². The molecule has 0 radical (unpaired) electrons.